The lowest BCUT2D eigenvalue weighted by molar-refractivity contribution is -0.131. The van der Waals surface area contributed by atoms with Crippen molar-refractivity contribution in [2.75, 3.05) is 6.54 Å². The van der Waals surface area contributed by atoms with Crippen LogP contribution in [-0.2, 0) is 17.8 Å². The van der Waals surface area contributed by atoms with Crippen molar-refractivity contribution in [1.29, 1.82) is 0 Å². The third-order valence-electron chi connectivity index (χ3n) is 5.22. The first-order valence-corrected chi connectivity index (χ1v) is 9.63. The predicted molar refractivity (Wildman–Crippen MR) is 102 cm³/mol. The third kappa shape index (κ3) is 3.34. The van der Waals surface area contributed by atoms with Gasteiger partial charge in [-0.1, -0.05) is 19.9 Å². The summed E-state index contributed by atoms with van der Waals surface area (Å²) in [6.45, 7) is 8.02. The molecule has 1 fully saturated rings. The van der Waals surface area contributed by atoms with Gasteiger partial charge in [0.05, 0.1) is 18.2 Å². The Balaban J connectivity index is 1.56. The molecule has 7 nitrogen and oxygen atoms in total. The molecule has 4 heterocycles. The molecule has 7 heteroatoms. The molecule has 1 aliphatic heterocycles. The number of likely N-dealkylation sites (tertiary alicyclic amines) is 1. The molecule has 0 aliphatic carbocycles. The smallest absolute Gasteiger partial charge is 0.229 e. The molecule has 0 radical (unpaired) electrons. The molecule has 1 amide bonds. The van der Waals surface area contributed by atoms with Crippen LogP contribution >= 0.6 is 0 Å². The Bertz CT molecular complexity index is 956. The van der Waals surface area contributed by atoms with Gasteiger partial charge in [0.2, 0.25) is 5.91 Å². The van der Waals surface area contributed by atoms with Crippen molar-refractivity contribution < 1.29 is 4.79 Å². The minimum Gasteiger partial charge on any atom is -0.332 e. The quantitative estimate of drug-likeness (QED) is 0.696. The summed E-state index contributed by atoms with van der Waals surface area (Å²) >= 11 is 0. The average molecular weight is 366 g/mol. The number of amides is 1. The lowest BCUT2D eigenvalue weighted by Crippen LogP contribution is -2.33. The van der Waals surface area contributed by atoms with Crippen molar-refractivity contribution in [3.8, 4) is 0 Å². The summed E-state index contributed by atoms with van der Waals surface area (Å²) in [7, 11) is 0. The van der Waals surface area contributed by atoms with Crippen LogP contribution in [0.15, 0.2) is 30.9 Å². The van der Waals surface area contributed by atoms with Crippen LogP contribution in [0.4, 0.5) is 0 Å². The normalized spacial score (nSPS) is 17.3. The molecule has 142 valence electrons. The summed E-state index contributed by atoms with van der Waals surface area (Å²) in [4.78, 5) is 19.6. The van der Waals surface area contributed by atoms with E-state index in [0.29, 0.717) is 12.3 Å². The van der Waals surface area contributed by atoms with E-state index in [9.17, 15) is 4.79 Å². The molecule has 1 atom stereocenters. The second-order valence-electron chi connectivity index (χ2n) is 7.79. The number of carbonyl (C=O) groups is 1. The molecule has 1 aliphatic rings. The van der Waals surface area contributed by atoms with Gasteiger partial charge in [-0.15, -0.1) is 10.2 Å². The molecule has 0 N–H and O–H groups in total. The molecule has 3 aromatic heterocycles. The van der Waals surface area contributed by atoms with Crippen LogP contribution < -0.4 is 0 Å². The second-order valence-corrected chi connectivity index (χ2v) is 7.79. The van der Waals surface area contributed by atoms with Crippen molar-refractivity contribution in [3.05, 3.63) is 47.9 Å². The highest BCUT2D eigenvalue weighted by atomic mass is 16.2. The minimum atomic E-state index is 0.0136. The minimum absolute atomic E-state index is 0.0136. The zero-order valence-corrected chi connectivity index (χ0v) is 16.2. The molecule has 4 rings (SSSR count). The van der Waals surface area contributed by atoms with E-state index in [1.54, 1.807) is 6.33 Å². The van der Waals surface area contributed by atoms with Gasteiger partial charge in [0, 0.05) is 25.5 Å². The summed E-state index contributed by atoms with van der Waals surface area (Å²) in [5.41, 5.74) is 2.94. The van der Waals surface area contributed by atoms with Gasteiger partial charge in [-0.05, 0) is 37.3 Å². The maximum Gasteiger partial charge on any atom is 0.229 e. The topological polar surface area (TPSA) is 68.3 Å². The fourth-order valence-electron chi connectivity index (χ4n) is 3.98. The standard InChI is InChI=1S/C20H26N6O/c1-14(2)12-24-13-22-23-20(24)17-7-5-9-26(17)18(27)10-16-11-21-19-15(3)6-4-8-25(16)19/h4,6,8,11,13-14,17H,5,7,9-10,12H2,1-3H3. The summed E-state index contributed by atoms with van der Waals surface area (Å²) in [6.07, 6.45) is 7.85. The Labute approximate surface area is 159 Å². The van der Waals surface area contributed by atoms with Crippen molar-refractivity contribution in [3.63, 3.8) is 0 Å². The van der Waals surface area contributed by atoms with Crippen LogP contribution in [0.25, 0.3) is 5.65 Å². The zero-order chi connectivity index (χ0) is 19.0. The summed E-state index contributed by atoms with van der Waals surface area (Å²) in [5, 5.41) is 8.44. The Kier molecular flexibility index (Phi) is 4.68. The third-order valence-corrected chi connectivity index (χ3v) is 5.22. The maximum atomic E-state index is 13.1. The van der Waals surface area contributed by atoms with Crippen LogP contribution in [0.3, 0.4) is 0 Å². The fraction of sp³-hybridized carbons (Fsp3) is 0.500. The molecule has 0 saturated carbocycles. The van der Waals surface area contributed by atoms with E-state index in [-0.39, 0.29) is 11.9 Å². The van der Waals surface area contributed by atoms with Gasteiger partial charge in [0.15, 0.2) is 5.82 Å². The van der Waals surface area contributed by atoms with Gasteiger partial charge in [-0.2, -0.15) is 0 Å². The number of hydrogen-bond acceptors (Lipinski definition) is 4. The summed E-state index contributed by atoms with van der Waals surface area (Å²) in [5.74, 6) is 1.54. The van der Waals surface area contributed by atoms with Crippen LogP contribution in [0.2, 0.25) is 0 Å². The van der Waals surface area contributed by atoms with Gasteiger partial charge < -0.3 is 13.9 Å². The molecule has 1 unspecified atom stereocenters. The first kappa shape index (κ1) is 17.7. The number of hydrogen-bond donors (Lipinski definition) is 0. The van der Waals surface area contributed by atoms with Crippen LogP contribution in [0.5, 0.6) is 0 Å². The average Bonchev–Trinajstić information content (AvgIpc) is 3.34. The predicted octanol–water partition coefficient (Wildman–Crippen LogP) is 2.80. The first-order chi connectivity index (χ1) is 13.0. The molecule has 27 heavy (non-hydrogen) atoms. The van der Waals surface area contributed by atoms with E-state index in [1.807, 2.05) is 40.8 Å². The van der Waals surface area contributed by atoms with Crippen molar-refractivity contribution in [1.82, 2.24) is 29.0 Å². The number of nitrogens with zero attached hydrogens (tertiary/aromatic N) is 6. The van der Waals surface area contributed by atoms with Crippen LogP contribution in [0, 0.1) is 12.8 Å². The maximum absolute atomic E-state index is 13.1. The largest absolute Gasteiger partial charge is 0.332 e. The van der Waals surface area contributed by atoms with E-state index in [4.69, 9.17) is 0 Å². The van der Waals surface area contributed by atoms with E-state index >= 15 is 0 Å². The first-order valence-electron chi connectivity index (χ1n) is 9.63. The molecular weight excluding hydrogens is 340 g/mol. The van der Waals surface area contributed by atoms with E-state index in [2.05, 4.69) is 33.6 Å². The Hall–Kier alpha value is -2.70. The number of pyridine rings is 1. The lowest BCUT2D eigenvalue weighted by Gasteiger charge is -2.25. The zero-order valence-electron chi connectivity index (χ0n) is 16.2. The highest BCUT2D eigenvalue weighted by molar-refractivity contribution is 5.79. The van der Waals surface area contributed by atoms with Crippen LogP contribution in [-0.4, -0.2) is 41.5 Å². The van der Waals surface area contributed by atoms with Gasteiger partial charge in [0.1, 0.15) is 12.0 Å². The van der Waals surface area contributed by atoms with E-state index in [0.717, 1.165) is 48.7 Å². The fourth-order valence-corrected chi connectivity index (χ4v) is 3.98. The Morgan fingerprint density at radius 1 is 1.37 bits per heavy atom. The van der Waals surface area contributed by atoms with Crippen LogP contribution in [0.1, 0.15) is 49.8 Å². The molecule has 1 saturated heterocycles. The number of imidazole rings is 1. The van der Waals surface area contributed by atoms with Gasteiger partial charge in [0.25, 0.3) is 0 Å². The molecule has 0 bridgehead atoms. The van der Waals surface area contributed by atoms with E-state index in [1.165, 1.54) is 0 Å². The number of aromatic nitrogens is 5. The summed E-state index contributed by atoms with van der Waals surface area (Å²) < 4.78 is 4.11. The number of fused-ring (bicyclic) bond motifs is 1. The molecule has 0 spiro atoms. The van der Waals surface area contributed by atoms with E-state index < -0.39 is 0 Å². The highest BCUT2D eigenvalue weighted by Gasteiger charge is 2.33. The Morgan fingerprint density at radius 2 is 2.22 bits per heavy atom. The van der Waals surface area contributed by atoms with Gasteiger partial charge in [-0.3, -0.25) is 4.79 Å². The second kappa shape index (κ2) is 7.13. The number of aryl methyl sites for hydroxylation is 1. The molecule has 3 aromatic rings. The van der Waals surface area contributed by atoms with Crippen molar-refractivity contribution >= 4 is 11.6 Å². The Morgan fingerprint density at radius 3 is 3.04 bits per heavy atom. The molecule has 0 aromatic carbocycles. The highest BCUT2D eigenvalue weighted by Crippen LogP contribution is 2.31. The molecular formula is C20H26N6O. The lowest BCUT2D eigenvalue weighted by atomic mass is 10.1. The van der Waals surface area contributed by atoms with Crippen molar-refractivity contribution in [2.45, 2.75) is 52.6 Å². The van der Waals surface area contributed by atoms with Gasteiger partial charge >= 0.3 is 0 Å². The number of carbonyl (C=O) groups excluding carboxylic acids is 1. The van der Waals surface area contributed by atoms with Crippen molar-refractivity contribution in [2.24, 2.45) is 5.92 Å². The summed E-state index contributed by atoms with van der Waals surface area (Å²) in [6, 6.07) is 4.04. The van der Waals surface area contributed by atoms with Gasteiger partial charge in [-0.25, -0.2) is 4.98 Å². The number of rotatable bonds is 5. The SMILES string of the molecule is Cc1cccn2c(CC(=O)N3CCCC3c3nncn3CC(C)C)cnc12. The monoisotopic (exact) mass is 366 g/mol.